The van der Waals surface area contributed by atoms with Gasteiger partial charge in [-0.3, -0.25) is 4.98 Å². The lowest BCUT2D eigenvalue weighted by atomic mass is 10.0. The fourth-order valence-electron chi connectivity index (χ4n) is 1.94. The third-order valence-corrected chi connectivity index (χ3v) is 3.19. The van der Waals surface area contributed by atoms with Crippen molar-refractivity contribution in [3.8, 4) is 22.4 Å². The predicted molar refractivity (Wildman–Crippen MR) is 74.6 cm³/mol. The van der Waals surface area contributed by atoms with Gasteiger partial charge in [0.1, 0.15) is 11.5 Å². The van der Waals surface area contributed by atoms with Gasteiger partial charge in [0.15, 0.2) is 0 Å². The first-order valence-corrected chi connectivity index (χ1v) is 6.15. The highest BCUT2D eigenvalue weighted by Gasteiger charge is 2.18. The molecule has 100 valence electrons. The molecule has 3 aromatic rings. The predicted octanol–water partition coefficient (Wildman–Crippen LogP) is 3.78. The molecule has 2 N–H and O–H groups in total. The third kappa shape index (κ3) is 2.12. The normalized spacial score (nSPS) is 10.7. The number of hydrogen-bond acceptors (Lipinski definition) is 4. The van der Waals surface area contributed by atoms with Crippen molar-refractivity contribution in [2.75, 3.05) is 5.73 Å². The first kappa shape index (κ1) is 12.6. The van der Waals surface area contributed by atoms with Crippen LogP contribution in [0.25, 0.3) is 22.4 Å². The number of aromatic nitrogens is 2. The van der Waals surface area contributed by atoms with Crippen LogP contribution in [0.15, 0.2) is 47.2 Å². The van der Waals surface area contributed by atoms with Crippen molar-refractivity contribution in [1.29, 1.82) is 0 Å². The van der Waals surface area contributed by atoms with Gasteiger partial charge in [0.2, 0.25) is 5.88 Å². The monoisotopic (exact) mass is 289 g/mol. The standard InChI is InChI=1S/C14H9ClFN3O/c15-10-2-1-9(7-11(10)16)13-12(14(17)20-19-13)8-3-5-18-6-4-8/h1-7H,17H2. The Morgan fingerprint density at radius 2 is 1.85 bits per heavy atom. The summed E-state index contributed by atoms with van der Waals surface area (Å²) in [6.45, 7) is 0. The molecule has 0 spiro atoms. The van der Waals surface area contributed by atoms with E-state index in [1.165, 1.54) is 12.1 Å². The molecule has 0 aliphatic carbocycles. The molecule has 0 unspecified atom stereocenters. The quantitative estimate of drug-likeness (QED) is 0.780. The molecule has 0 atom stereocenters. The molecule has 0 aliphatic rings. The summed E-state index contributed by atoms with van der Waals surface area (Å²) in [4.78, 5) is 3.94. The summed E-state index contributed by atoms with van der Waals surface area (Å²) in [5, 5.41) is 3.95. The van der Waals surface area contributed by atoms with Crippen LogP contribution in [-0.2, 0) is 0 Å². The highest BCUT2D eigenvalue weighted by Crippen LogP contribution is 2.36. The lowest BCUT2D eigenvalue weighted by Crippen LogP contribution is -1.89. The number of anilines is 1. The van der Waals surface area contributed by atoms with E-state index in [1.807, 2.05) is 0 Å². The summed E-state index contributed by atoms with van der Waals surface area (Å²) in [6.07, 6.45) is 3.27. The van der Waals surface area contributed by atoms with Crippen LogP contribution in [-0.4, -0.2) is 10.1 Å². The Labute approximate surface area is 119 Å². The van der Waals surface area contributed by atoms with E-state index >= 15 is 0 Å². The van der Waals surface area contributed by atoms with Crippen molar-refractivity contribution < 1.29 is 8.91 Å². The van der Waals surface area contributed by atoms with Crippen molar-refractivity contribution in [2.24, 2.45) is 0 Å². The van der Waals surface area contributed by atoms with Gasteiger partial charge in [0.25, 0.3) is 0 Å². The van der Waals surface area contributed by atoms with Crippen LogP contribution in [0.4, 0.5) is 10.3 Å². The van der Waals surface area contributed by atoms with Gasteiger partial charge in [0, 0.05) is 18.0 Å². The van der Waals surface area contributed by atoms with Gasteiger partial charge < -0.3 is 10.3 Å². The fourth-order valence-corrected chi connectivity index (χ4v) is 2.06. The fraction of sp³-hybridized carbons (Fsp3) is 0. The van der Waals surface area contributed by atoms with Crippen molar-refractivity contribution in [3.05, 3.63) is 53.6 Å². The largest absolute Gasteiger partial charge is 0.367 e. The number of nitrogens with two attached hydrogens (primary N) is 1. The van der Waals surface area contributed by atoms with Crippen LogP contribution in [0.5, 0.6) is 0 Å². The highest BCUT2D eigenvalue weighted by atomic mass is 35.5. The molecule has 0 aliphatic heterocycles. The lowest BCUT2D eigenvalue weighted by molar-refractivity contribution is 0.439. The minimum absolute atomic E-state index is 0.0516. The molecule has 2 heterocycles. The minimum atomic E-state index is -0.522. The Hall–Kier alpha value is -2.40. The van der Waals surface area contributed by atoms with E-state index in [4.69, 9.17) is 21.9 Å². The molecule has 20 heavy (non-hydrogen) atoms. The lowest BCUT2D eigenvalue weighted by Gasteiger charge is -2.03. The van der Waals surface area contributed by atoms with Crippen molar-refractivity contribution >= 4 is 17.5 Å². The first-order chi connectivity index (χ1) is 9.66. The van der Waals surface area contributed by atoms with Crippen molar-refractivity contribution in [1.82, 2.24) is 10.1 Å². The zero-order valence-corrected chi connectivity index (χ0v) is 10.9. The van der Waals surface area contributed by atoms with E-state index in [0.717, 1.165) is 5.56 Å². The van der Waals surface area contributed by atoms with Crippen LogP contribution < -0.4 is 5.73 Å². The first-order valence-electron chi connectivity index (χ1n) is 5.78. The summed E-state index contributed by atoms with van der Waals surface area (Å²) in [5.41, 5.74) is 8.21. The van der Waals surface area contributed by atoms with Crippen LogP contribution in [0, 0.1) is 5.82 Å². The van der Waals surface area contributed by atoms with E-state index in [-0.39, 0.29) is 10.9 Å². The SMILES string of the molecule is Nc1onc(-c2ccc(Cl)c(F)c2)c1-c1ccncc1. The number of pyridine rings is 1. The maximum atomic E-state index is 13.6. The van der Waals surface area contributed by atoms with Crippen LogP contribution in [0.3, 0.4) is 0 Å². The molecule has 0 radical (unpaired) electrons. The number of nitrogens with zero attached hydrogens (tertiary/aromatic N) is 2. The third-order valence-electron chi connectivity index (χ3n) is 2.88. The second kappa shape index (κ2) is 4.94. The van der Waals surface area contributed by atoms with Gasteiger partial charge in [-0.1, -0.05) is 22.8 Å². The smallest absolute Gasteiger partial charge is 0.230 e. The average Bonchev–Trinajstić information content (AvgIpc) is 2.85. The molecule has 6 heteroatoms. The molecule has 1 aromatic carbocycles. The Kier molecular flexibility index (Phi) is 3.12. The topological polar surface area (TPSA) is 64.9 Å². The molecular weight excluding hydrogens is 281 g/mol. The van der Waals surface area contributed by atoms with E-state index in [9.17, 15) is 4.39 Å². The zero-order valence-electron chi connectivity index (χ0n) is 10.2. The van der Waals surface area contributed by atoms with Gasteiger partial charge in [-0.15, -0.1) is 0 Å². The van der Waals surface area contributed by atoms with Crippen molar-refractivity contribution in [2.45, 2.75) is 0 Å². The van der Waals surface area contributed by atoms with Gasteiger partial charge in [0.05, 0.1) is 10.6 Å². The Balaban J connectivity index is 2.18. The molecular formula is C14H9ClFN3O. The van der Waals surface area contributed by atoms with Crippen molar-refractivity contribution in [3.63, 3.8) is 0 Å². The summed E-state index contributed by atoms with van der Waals surface area (Å²) < 4.78 is 18.6. The second-order valence-corrected chi connectivity index (χ2v) is 4.54. The second-order valence-electron chi connectivity index (χ2n) is 4.14. The minimum Gasteiger partial charge on any atom is -0.367 e. The zero-order chi connectivity index (χ0) is 14.1. The molecule has 4 nitrogen and oxygen atoms in total. The number of benzene rings is 1. The summed E-state index contributed by atoms with van der Waals surface area (Å²) in [6, 6.07) is 7.97. The summed E-state index contributed by atoms with van der Waals surface area (Å²) in [5.74, 6) is -0.354. The van der Waals surface area contributed by atoms with Crippen LogP contribution >= 0.6 is 11.6 Å². The molecule has 0 amide bonds. The molecule has 0 saturated carbocycles. The number of rotatable bonds is 2. The molecule has 2 aromatic heterocycles. The Morgan fingerprint density at radius 1 is 1.10 bits per heavy atom. The number of halogens is 2. The highest BCUT2D eigenvalue weighted by molar-refractivity contribution is 6.30. The van der Waals surface area contributed by atoms with Crippen LogP contribution in [0.1, 0.15) is 0 Å². The Morgan fingerprint density at radius 3 is 2.55 bits per heavy atom. The molecule has 0 fully saturated rings. The number of nitrogen functional groups attached to an aromatic ring is 1. The van der Waals surface area contributed by atoms with E-state index in [1.54, 1.807) is 30.6 Å². The summed E-state index contributed by atoms with van der Waals surface area (Å²) in [7, 11) is 0. The van der Waals surface area contributed by atoms with E-state index in [0.29, 0.717) is 16.8 Å². The maximum Gasteiger partial charge on any atom is 0.230 e. The molecule has 3 rings (SSSR count). The van der Waals surface area contributed by atoms with Gasteiger partial charge in [-0.25, -0.2) is 4.39 Å². The van der Waals surface area contributed by atoms with Gasteiger partial charge in [-0.05, 0) is 29.8 Å². The number of hydrogen-bond donors (Lipinski definition) is 1. The van der Waals surface area contributed by atoms with Gasteiger partial charge >= 0.3 is 0 Å². The Bertz CT molecular complexity index is 758. The van der Waals surface area contributed by atoms with Crippen LogP contribution in [0.2, 0.25) is 5.02 Å². The molecule has 0 bridgehead atoms. The average molecular weight is 290 g/mol. The summed E-state index contributed by atoms with van der Waals surface area (Å²) >= 11 is 5.68. The van der Waals surface area contributed by atoms with E-state index < -0.39 is 5.82 Å². The van der Waals surface area contributed by atoms with E-state index in [2.05, 4.69) is 10.1 Å². The van der Waals surface area contributed by atoms with Gasteiger partial charge in [-0.2, -0.15) is 0 Å². The maximum absolute atomic E-state index is 13.6. The molecule has 0 saturated heterocycles.